The smallest absolute Gasteiger partial charge is 0.217 e. The molecule has 3 rings (SSSR count). The van der Waals surface area contributed by atoms with Crippen LogP contribution in [-0.2, 0) is 37.3 Å². The van der Waals surface area contributed by atoms with Gasteiger partial charge in [0.15, 0.2) is 5.82 Å². The maximum Gasteiger partial charge on any atom is 0.217 e. The number of hydrogen-bond acceptors (Lipinski definition) is 5. The van der Waals surface area contributed by atoms with Gasteiger partial charge in [0.1, 0.15) is 17.3 Å². The molecule has 0 saturated carbocycles. The van der Waals surface area contributed by atoms with E-state index in [1.54, 1.807) is 0 Å². The number of aromatic nitrogens is 3. The van der Waals surface area contributed by atoms with Gasteiger partial charge < -0.3 is 14.3 Å². The molecule has 2 aromatic heterocycles. The topological polar surface area (TPSA) is 76.2 Å². The number of fused-ring (bicyclic) bond motifs is 1. The zero-order valence-corrected chi connectivity index (χ0v) is 13.7. The van der Waals surface area contributed by atoms with Crippen LogP contribution in [0.5, 0.6) is 0 Å². The third-order valence-corrected chi connectivity index (χ3v) is 4.14. The van der Waals surface area contributed by atoms with E-state index in [-0.39, 0.29) is 5.91 Å². The molecule has 1 aliphatic heterocycles. The lowest BCUT2D eigenvalue weighted by Crippen LogP contribution is -2.27. The first-order chi connectivity index (χ1) is 11.2. The van der Waals surface area contributed by atoms with Gasteiger partial charge in [-0.05, 0) is 12.1 Å². The quantitative estimate of drug-likeness (QED) is 0.894. The van der Waals surface area contributed by atoms with E-state index in [4.69, 9.17) is 4.42 Å². The molecule has 23 heavy (non-hydrogen) atoms. The van der Waals surface area contributed by atoms with E-state index in [0.717, 1.165) is 62.2 Å². The summed E-state index contributed by atoms with van der Waals surface area (Å²) in [6.45, 7) is 7.53. The largest absolute Gasteiger partial charge is 0.465 e. The Morgan fingerprint density at radius 2 is 2.09 bits per heavy atom. The molecule has 0 fully saturated rings. The fourth-order valence-corrected chi connectivity index (χ4v) is 2.84. The van der Waals surface area contributed by atoms with E-state index in [9.17, 15) is 4.79 Å². The molecule has 1 aliphatic rings. The molecule has 0 spiro atoms. The zero-order valence-electron chi connectivity index (χ0n) is 13.7. The molecule has 1 amide bonds. The molecule has 1 N–H and O–H groups in total. The van der Waals surface area contributed by atoms with Crippen LogP contribution in [0.4, 0.5) is 0 Å². The molecule has 0 atom stereocenters. The van der Waals surface area contributed by atoms with Crippen molar-refractivity contribution in [3.05, 3.63) is 35.3 Å². The first-order valence-corrected chi connectivity index (χ1v) is 8.11. The number of carbonyl (C=O) groups excluding carboxylic acids is 1. The fourth-order valence-electron chi connectivity index (χ4n) is 2.84. The summed E-state index contributed by atoms with van der Waals surface area (Å²) in [5.74, 6) is 3.80. The summed E-state index contributed by atoms with van der Waals surface area (Å²) in [5.41, 5.74) is 0. The second-order valence-electron chi connectivity index (χ2n) is 5.84. The second-order valence-corrected chi connectivity index (χ2v) is 5.84. The van der Waals surface area contributed by atoms with E-state index >= 15 is 0 Å². The number of nitrogens with zero attached hydrogens (tertiary/aromatic N) is 4. The lowest BCUT2D eigenvalue weighted by Gasteiger charge is -2.18. The highest BCUT2D eigenvalue weighted by molar-refractivity contribution is 5.72. The summed E-state index contributed by atoms with van der Waals surface area (Å²) in [6.07, 6.45) is 1.78. The van der Waals surface area contributed by atoms with Gasteiger partial charge in [-0.2, -0.15) is 0 Å². The Hall–Kier alpha value is -2.15. The average Bonchev–Trinajstić information content (AvgIpc) is 3.09. The molecule has 2 aromatic rings. The van der Waals surface area contributed by atoms with Crippen molar-refractivity contribution in [3.63, 3.8) is 0 Å². The predicted octanol–water partition coefficient (Wildman–Crippen LogP) is 1.13. The molecule has 0 unspecified atom stereocenters. The maximum atomic E-state index is 11.1. The molecular weight excluding hydrogens is 294 g/mol. The van der Waals surface area contributed by atoms with Crippen LogP contribution in [0, 0.1) is 0 Å². The molecule has 0 aliphatic carbocycles. The third kappa shape index (κ3) is 3.79. The van der Waals surface area contributed by atoms with Gasteiger partial charge in [-0.15, -0.1) is 10.2 Å². The Balaban J connectivity index is 1.62. The average molecular weight is 317 g/mol. The number of nitrogens with one attached hydrogen (secondary N) is 1. The van der Waals surface area contributed by atoms with Crippen LogP contribution >= 0.6 is 0 Å². The van der Waals surface area contributed by atoms with E-state index in [1.165, 1.54) is 6.92 Å². The minimum atomic E-state index is -0.0536. The Bertz CT molecular complexity index is 676. The van der Waals surface area contributed by atoms with Gasteiger partial charge in [0.2, 0.25) is 5.91 Å². The van der Waals surface area contributed by atoms with Crippen LogP contribution in [0.3, 0.4) is 0 Å². The SMILES string of the molecule is CCc1ccc(CN2CCc3nnc(CNC(C)=O)n3CC2)o1. The number of aryl methyl sites for hydroxylation is 1. The van der Waals surface area contributed by atoms with Crippen LogP contribution in [0.2, 0.25) is 0 Å². The van der Waals surface area contributed by atoms with Crippen molar-refractivity contribution in [2.75, 3.05) is 13.1 Å². The summed E-state index contributed by atoms with van der Waals surface area (Å²) in [4.78, 5) is 13.4. The van der Waals surface area contributed by atoms with Crippen LogP contribution in [-0.4, -0.2) is 38.7 Å². The van der Waals surface area contributed by atoms with Gasteiger partial charge >= 0.3 is 0 Å². The van der Waals surface area contributed by atoms with Crippen LogP contribution < -0.4 is 5.32 Å². The molecule has 0 radical (unpaired) electrons. The lowest BCUT2D eigenvalue weighted by molar-refractivity contribution is -0.119. The van der Waals surface area contributed by atoms with Gasteiger partial charge in [0.05, 0.1) is 13.1 Å². The monoisotopic (exact) mass is 317 g/mol. The second kappa shape index (κ2) is 6.95. The molecule has 0 saturated heterocycles. The Kier molecular flexibility index (Phi) is 4.76. The van der Waals surface area contributed by atoms with Crippen molar-refractivity contribution in [2.45, 2.75) is 46.3 Å². The van der Waals surface area contributed by atoms with E-state index in [2.05, 4.69) is 38.0 Å². The number of hydrogen-bond donors (Lipinski definition) is 1. The van der Waals surface area contributed by atoms with Gasteiger partial charge in [-0.1, -0.05) is 6.92 Å². The standard InChI is InChI=1S/C16H23N5O2/c1-3-13-4-5-14(23-13)11-20-7-6-15-18-19-16(10-17-12(2)22)21(15)9-8-20/h4-5H,3,6-11H2,1-2H3,(H,17,22). The molecule has 3 heterocycles. The Labute approximate surface area is 135 Å². The van der Waals surface area contributed by atoms with Gasteiger partial charge in [-0.25, -0.2) is 0 Å². The molecule has 7 heteroatoms. The first kappa shape index (κ1) is 15.7. The summed E-state index contributed by atoms with van der Waals surface area (Å²) in [5, 5.41) is 11.2. The highest BCUT2D eigenvalue weighted by Crippen LogP contribution is 2.14. The van der Waals surface area contributed by atoms with Crippen LogP contribution in [0.25, 0.3) is 0 Å². The van der Waals surface area contributed by atoms with Crippen molar-refractivity contribution >= 4 is 5.91 Å². The normalized spacial score (nSPS) is 15.2. The van der Waals surface area contributed by atoms with Crippen LogP contribution in [0.15, 0.2) is 16.5 Å². The minimum absolute atomic E-state index is 0.0536. The van der Waals surface area contributed by atoms with E-state index in [1.807, 2.05) is 6.07 Å². The molecule has 7 nitrogen and oxygen atoms in total. The highest BCUT2D eigenvalue weighted by Gasteiger charge is 2.19. The summed E-state index contributed by atoms with van der Waals surface area (Å²) < 4.78 is 7.92. The van der Waals surface area contributed by atoms with Gasteiger partial charge in [0, 0.05) is 39.4 Å². The minimum Gasteiger partial charge on any atom is -0.465 e. The number of carbonyl (C=O) groups is 1. The van der Waals surface area contributed by atoms with Crippen molar-refractivity contribution in [2.24, 2.45) is 0 Å². The van der Waals surface area contributed by atoms with Crippen molar-refractivity contribution in [1.82, 2.24) is 25.0 Å². The maximum absolute atomic E-state index is 11.1. The Morgan fingerprint density at radius 3 is 2.83 bits per heavy atom. The molecular formula is C16H23N5O2. The lowest BCUT2D eigenvalue weighted by atomic mass is 10.3. The first-order valence-electron chi connectivity index (χ1n) is 8.11. The molecule has 0 bridgehead atoms. The van der Waals surface area contributed by atoms with Gasteiger partial charge in [0.25, 0.3) is 0 Å². The number of furan rings is 1. The summed E-state index contributed by atoms with van der Waals surface area (Å²) in [6, 6.07) is 4.11. The van der Waals surface area contributed by atoms with E-state index < -0.39 is 0 Å². The summed E-state index contributed by atoms with van der Waals surface area (Å²) in [7, 11) is 0. The highest BCUT2D eigenvalue weighted by atomic mass is 16.3. The molecule has 124 valence electrons. The molecule has 0 aromatic carbocycles. The number of amides is 1. The number of rotatable bonds is 5. The van der Waals surface area contributed by atoms with Gasteiger partial charge in [-0.3, -0.25) is 9.69 Å². The zero-order chi connectivity index (χ0) is 16.2. The predicted molar refractivity (Wildman–Crippen MR) is 84.6 cm³/mol. The Morgan fingerprint density at radius 1 is 1.26 bits per heavy atom. The third-order valence-electron chi connectivity index (χ3n) is 4.14. The van der Waals surface area contributed by atoms with E-state index in [0.29, 0.717) is 6.54 Å². The van der Waals surface area contributed by atoms with Crippen LogP contribution in [0.1, 0.15) is 37.0 Å². The summed E-state index contributed by atoms with van der Waals surface area (Å²) >= 11 is 0. The van der Waals surface area contributed by atoms with Crippen molar-refractivity contribution in [1.29, 1.82) is 0 Å². The van der Waals surface area contributed by atoms with Crippen molar-refractivity contribution in [3.8, 4) is 0 Å². The van der Waals surface area contributed by atoms with Crippen molar-refractivity contribution < 1.29 is 9.21 Å². The fraction of sp³-hybridized carbons (Fsp3) is 0.562.